The topological polar surface area (TPSA) is 146 Å². The highest BCUT2D eigenvalue weighted by molar-refractivity contribution is 7.07. The SMILES string of the molecule is CC(C)C(NC(=O)N(C)Cc1cscn1)C(=O)NC(Cc1ccccc1)C(O)CC(Cc1ccccc1)NC(=O)OCc1cccnc1. The van der Waals surface area contributed by atoms with Crippen LogP contribution in [0.1, 0.15) is 42.7 Å². The summed E-state index contributed by atoms with van der Waals surface area (Å²) in [6.07, 6.45) is 2.48. The number of carbonyl (C=O) groups excluding carboxylic acids is 3. The number of pyridine rings is 1. The van der Waals surface area contributed by atoms with Gasteiger partial charge in [-0.1, -0.05) is 80.6 Å². The van der Waals surface area contributed by atoms with Crippen molar-refractivity contribution < 1.29 is 24.2 Å². The highest BCUT2D eigenvalue weighted by atomic mass is 32.1. The first-order valence-electron chi connectivity index (χ1n) is 15.9. The van der Waals surface area contributed by atoms with Crippen molar-refractivity contribution in [2.24, 2.45) is 5.92 Å². The van der Waals surface area contributed by atoms with Gasteiger partial charge in [0.25, 0.3) is 0 Å². The molecule has 4 atom stereocenters. The van der Waals surface area contributed by atoms with Crippen LogP contribution in [0, 0.1) is 5.92 Å². The second-order valence-electron chi connectivity index (χ2n) is 12.1. The molecule has 4 rings (SSSR count). The number of aliphatic hydroxyl groups excluding tert-OH is 1. The van der Waals surface area contributed by atoms with E-state index < -0.39 is 42.3 Å². The summed E-state index contributed by atoms with van der Waals surface area (Å²) in [5.41, 5.74) is 5.09. The van der Waals surface area contributed by atoms with Gasteiger partial charge >= 0.3 is 12.1 Å². The molecule has 4 aromatic rings. The molecule has 0 saturated carbocycles. The first-order chi connectivity index (χ1) is 23.2. The molecule has 0 bridgehead atoms. The Morgan fingerprint density at radius 2 is 1.56 bits per heavy atom. The van der Waals surface area contributed by atoms with Crippen molar-refractivity contribution in [3.05, 3.63) is 118 Å². The fourth-order valence-electron chi connectivity index (χ4n) is 5.22. The number of thiazole rings is 1. The minimum absolute atomic E-state index is 0.0498. The number of ether oxygens (including phenoxy) is 1. The van der Waals surface area contributed by atoms with E-state index in [4.69, 9.17) is 4.74 Å². The summed E-state index contributed by atoms with van der Waals surface area (Å²) in [5, 5.41) is 22.4. The number of aliphatic hydroxyl groups is 1. The highest BCUT2D eigenvalue weighted by Gasteiger charge is 2.31. The molecule has 0 aliphatic carbocycles. The van der Waals surface area contributed by atoms with Crippen LogP contribution < -0.4 is 16.0 Å². The Bertz CT molecular complexity index is 1540. The van der Waals surface area contributed by atoms with Crippen molar-refractivity contribution >= 4 is 29.4 Å². The number of hydrogen-bond donors (Lipinski definition) is 4. The predicted molar refractivity (Wildman–Crippen MR) is 185 cm³/mol. The summed E-state index contributed by atoms with van der Waals surface area (Å²) in [7, 11) is 1.65. The van der Waals surface area contributed by atoms with E-state index in [0.29, 0.717) is 19.4 Å². The number of nitrogens with one attached hydrogen (secondary N) is 3. The van der Waals surface area contributed by atoms with Crippen molar-refractivity contribution in [3.8, 4) is 0 Å². The number of rotatable bonds is 16. The van der Waals surface area contributed by atoms with Gasteiger partial charge in [0.05, 0.1) is 29.9 Å². The van der Waals surface area contributed by atoms with Crippen LogP contribution in [0.15, 0.2) is 96.1 Å². The van der Waals surface area contributed by atoms with Crippen molar-refractivity contribution in [1.29, 1.82) is 0 Å². The van der Waals surface area contributed by atoms with E-state index in [2.05, 4.69) is 25.9 Å². The summed E-state index contributed by atoms with van der Waals surface area (Å²) < 4.78 is 5.46. The normalized spacial score (nSPS) is 13.5. The Morgan fingerprint density at radius 3 is 2.17 bits per heavy atom. The summed E-state index contributed by atoms with van der Waals surface area (Å²) in [6, 6.07) is 20.3. The average molecular weight is 673 g/mol. The molecule has 11 nitrogen and oxygen atoms in total. The molecule has 4 unspecified atom stereocenters. The van der Waals surface area contributed by atoms with Crippen molar-refractivity contribution in [2.45, 2.75) is 70.5 Å². The number of hydrogen-bond acceptors (Lipinski definition) is 8. The van der Waals surface area contributed by atoms with Crippen molar-refractivity contribution in [2.75, 3.05) is 7.05 Å². The van der Waals surface area contributed by atoms with Gasteiger partial charge in [-0.25, -0.2) is 14.6 Å². The third-order valence-corrected chi connectivity index (χ3v) is 8.45. The number of nitrogens with zero attached hydrogens (tertiary/aromatic N) is 3. The molecule has 0 saturated heterocycles. The van der Waals surface area contributed by atoms with Gasteiger partial charge in [-0.3, -0.25) is 9.78 Å². The number of amides is 4. The van der Waals surface area contributed by atoms with Gasteiger partial charge in [0.1, 0.15) is 12.6 Å². The molecule has 4 N–H and O–H groups in total. The summed E-state index contributed by atoms with van der Waals surface area (Å²) >= 11 is 1.45. The second kappa shape index (κ2) is 18.5. The smallest absolute Gasteiger partial charge is 0.407 e. The van der Waals surface area contributed by atoms with Crippen LogP contribution in [-0.2, 0) is 35.5 Å². The Kier molecular flexibility index (Phi) is 13.9. The number of urea groups is 1. The maximum Gasteiger partial charge on any atom is 0.407 e. The quantitative estimate of drug-likeness (QED) is 0.135. The second-order valence-corrected chi connectivity index (χ2v) is 12.8. The molecular weight excluding hydrogens is 629 g/mol. The first-order valence-corrected chi connectivity index (χ1v) is 16.9. The Balaban J connectivity index is 1.48. The third-order valence-electron chi connectivity index (χ3n) is 7.81. The standard InChI is InChI=1S/C36H44N6O5S/c1-25(2)33(41-35(45)42(3)21-30-23-48-24-38-30)34(44)40-31(18-27-13-8-5-9-14-27)32(43)19-29(17-26-11-6-4-7-12-26)39-36(46)47-22-28-15-10-16-37-20-28/h4-16,20,23-25,29,31-33,43H,17-19,21-22H2,1-3H3,(H,39,46)(H,40,44)(H,41,45). The highest BCUT2D eigenvalue weighted by Crippen LogP contribution is 2.16. The molecule has 0 aliphatic heterocycles. The maximum atomic E-state index is 13.8. The van der Waals surface area contributed by atoms with Crippen LogP contribution >= 0.6 is 11.3 Å². The van der Waals surface area contributed by atoms with E-state index in [1.807, 2.05) is 86.0 Å². The van der Waals surface area contributed by atoms with Crippen LogP contribution in [0.5, 0.6) is 0 Å². The van der Waals surface area contributed by atoms with Gasteiger partial charge in [0.2, 0.25) is 5.91 Å². The summed E-state index contributed by atoms with van der Waals surface area (Å²) in [4.78, 5) is 49.5. The van der Waals surface area contributed by atoms with Crippen molar-refractivity contribution in [1.82, 2.24) is 30.8 Å². The van der Waals surface area contributed by atoms with Gasteiger partial charge in [-0.15, -0.1) is 11.3 Å². The van der Waals surface area contributed by atoms with E-state index in [1.165, 1.54) is 16.2 Å². The van der Waals surface area contributed by atoms with Crippen LogP contribution in [0.25, 0.3) is 0 Å². The van der Waals surface area contributed by atoms with Gasteiger partial charge < -0.3 is 30.7 Å². The Labute approximate surface area is 285 Å². The fraction of sp³-hybridized carbons (Fsp3) is 0.361. The fourth-order valence-corrected chi connectivity index (χ4v) is 5.77. The van der Waals surface area contributed by atoms with Gasteiger partial charge in [-0.05, 0) is 42.4 Å². The molecule has 0 aliphatic rings. The molecule has 0 radical (unpaired) electrons. The van der Waals surface area contributed by atoms with E-state index >= 15 is 0 Å². The minimum Gasteiger partial charge on any atom is -0.445 e. The molecule has 0 spiro atoms. The van der Waals surface area contributed by atoms with Crippen molar-refractivity contribution in [3.63, 3.8) is 0 Å². The zero-order valence-corrected chi connectivity index (χ0v) is 28.3. The molecule has 2 aromatic heterocycles. The maximum absolute atomic E-state index is 13.8. The van der Waals surface area contributed by atoms with Gasteiger partial charge in [-0.2, -0.15) is 0 Å². The molecule has 4 amide bonds. The number of benzene rings is 2. The Hall–Kier alpha value is -4.81. The molecule has 254 valence electrons. The number of carbonyl (C=O) groups is 3. The van der Waals surface area contributed by atoms with E-state index in [1.54, 1.807) is 31.0 Å². The van der Waals surface area contributed by atoms with E-state index in [-0.39, 0.29) is 18.9 Å². The van der Waals surface area contributed by atoms with Crippen LogP contribution in [0.4, 0.5) is 9.59 Å². The Morgan fingerprint density at radius 1 is 0.896 bits per heavy atom. The molecule has 48 heavy (non-hydrogen) atoms. The minimum atomic E-state index is -1.06. The third kappa shape index (κ3) is 11.8. The average Bonchev–Trinajstić information content (AvgIpc) is 3.60. The number of aromatic nitrogens is 2. The monoisotopic (exact) mass is 672 g/mol. The predicted octanol–water partition coefficient (Wildman–Crippen LogP) is 4.72. The summed E-state index contributed by atoms with van der Waals surface area (Å²) in [5.74, 6) is -0.651. The van der Waals surface area contributed by atoms with E-state index in [0.717, 1.165) is 22.4 Å². The lowest BCUT2D eigenvalue weighted by Crippen LogP contribution is -2.57. The van der Waals surface area contributed by atoms with Gasteiger partial charge in [0.15, 0.2) is 0 Å². The van der Waals surface area contributed by atoms with Crippen LogP contribution in [-0.4, -0.2) is 69.3 Å². The molecule has 12 heteroatoms. The van der Waals surface area contributed by atoms with E-state index in [9.17, 15) is 19.5 Å². The molecule has 2 heterocycles. The van der Waals surface area contributed by atoms with Crippen LogP contribution in [0.2, 0.25) is 0 Å². The zero-order valence-electron chi connectivity index (χ0n) is 27.5. The molecule has 2 aromatic carbocycles. The lowest BCUT2D eigenvalue weighted by Gasteiger charge is -2.31. The first kappa shape index (κ1) is 36.0. The summed E-state index contributed by atoms with van der Waals surface area (Å²) in [6.45, 7) is 4.06. The largest absolute Gasteiger partial charge is 0.445 e. The molecular formula is C36H44N6O5S. The lowest BCUT2D eigenvalue weighted by atomic mass is 9.93. The molecule has 0 fully saturated rings. The zero-order chi connectivity index (χ0) is 34.3. The van der Waals surface area contributed by atoms with Crippen LogP contribution in [0.3, 0.4) is 0 Å². The number of alkyl carbamates (subject to hydrolysis) is 1. The van der Waals surface area contributed by atoms with Gasteiger partial charge in [0, 0.05) is 36.4 Å². The lowest BCUT2D eigenvalue weighted by molar-refractivity contribution is -0.125.